The zero-order valence-corrected chi connectivity index (χ0v) is 62.4. The van der Waals surface area contributed by atoms with E-state index in [-0.39, 0.29) is 17.9 Å². The van der Waals surface area contributed by atoms with Crippen LogP contribution in [0.25, 0.3) is 24.3 Å². The molecule has 0 spiro atoms. The van der Waals surface area contributed by atoms with Gasteiger partial charge in [-0.3, -0.25) is 14.4 Å². The molecule has 5 aromatic carbocycles. The number of carbonyl (C=O) groups excluding carboxylic acids is 5. The van der Waals surface area contributed by atoms with Crippen LogP contribution < -0.4 is 16.3 Å². The number of methoxy groups -OCH3 is 4. The van der Waals surface area contributed by atoms with Crippen molar-refractivity contribution in [2.24, 2.45) is 34.7 Å². The molecule has 2 aliphatic carbocycles. The summed E-state index contributed by atoms with van der Waals surface area (Å²) in [6, 6.07) is 43.0. The Morgan fingerprint density at radius 2 is 1.06 bits per heavy atom. The number of nitrogens with one attached hydrogen (secondary N) is 2. The lowest BCUT2D eigenvalue weighted by atomic mass is 9.89. The molecule has 7 atom stereocenters. The molecule has 568 valence electrons. The minimum absolute atomic E-state index is 0.306. The molecule has 1 aromatic heterocycles. The standard InChI is InChI=1S/C25H28N4O2.C17H23N3O2.C17H22O3.C11H10O3.C5H11NO.C4H8O2.C4H10O/c1-31-25(30)14-13-20-9-11-22(12-10-20)17-28-15-5-8-24(28)19-29-18-23(26-27-29)16-21-6-3-2-4-7-21;1-22-17(21)10-9-13-5-7-14(8-6-13)11-15-3-2-4-16(15)12-19-20-18;1-20-17(19)10-9-13-5-7-14(8-6-13)11-15-3-2-4-16(15)12-18;1-14-11(13)7-6-9-2-4-10(8-12)5-3-9;7-4-5-2-1-3-6-5;5-4-2-1-3-6-4;1-4(2,3)5/h2-4,6-7,9-14,18,24H,5,8,15-17,19H2,1H3;5-10,15-16H,2-4,11-12H2,1H3,(H2,18,19);5-10,15-16,18H,2-4,11-12H2,1H3;2-8H,1H3;5-7H,1-4H2;4-5H,1-3H2;5H,1-3H3/p+1/b14-13+;2*10-9+;7-6+;;;/t24-;2*15?,16-;;5-;;/m111.1../s1. The zero-order valence-electron chi connectivity index (χ0n) is 62.4. The van der Waals surface area contributed by atoms with Crippen LogP contribution in [0, 0.1) is 23.7 Å². The Labute approximate surface area is 620 Å². The molecule has 0 radical (unpaired) electrons. The highest BCUT2D eigenvalue weighted by atomic mass is 16.6. The third-order valence-corrected chi connectivity index (χ3v) is 18.2. The number of likely N-dealkylation sites (tertiary alicyclic amines) is 1. The Morgan fingerprint density at radius 3 is 1.47 bits per heavy atom. The zero-order chi connectivity index (χ0) is 76.0. The molecule has 8 N–H and O–H groups in total. The number of aldehydes is 1. The molecular weight excluding hydrogens is 1330 g/mol. The highest BCUT2D eigenvalue weighted by Gasteiger charge is 2.29. The molecule has 5 fully saturated rings. The monoisotopic (exact) mass is 1450 g/mol. The van der Waals surface area contributed by atoms with E-state index in [1.807, 2.05) is 47.1 Å². The van der Waals surface area contributed by atoms with E-state index in [0.717, 1.165) is 119 Å². The maximum absolute atomic E-state index is 11.2. The third kappa shape index (κ3) is 36.4. The third-order valence-electron chi connectivity index (χ3n) is 18.2. The topological polar surface area (TPSA) is 311 Å². The summed E-state index contributed by atoms with van der Waals surface area (Å²) in [7, 11) is 5.45. The van der Waals surface area contributed by atoms with Gasteiger partial charge in [-0.05, 0) is 191 Å². The molecule has 5 aliphatic rings. The Balaban J connectivity index is 0.000000238. The van der Waals surface area contributed by atoms with Gasteiger partial charge in [0.25, 0.3) is 0 Å². The lowest BCUT2D eigenvalue weighted by molar-refractivity contribution is -0.543. The van der Waals surface area contributed by atoms with E-state index in [1.165, 1.54) is 126 Å². The second kappa shape index (κ2) is 49.6. The highest BCUT2D eigenvalue weighted by Crippen LogP contribution is 2.35. The van der Waals surface area contributed by atoms with Gasteiger partial charge in [-0.1, -0.05) is 145 Å². The highest BCUT2D eigenvalue weighted by molar-refractivity contribution is 5.88. The number of carbonyl (C=O) groups is 5. The van der Waals surface area contributed by atoms with Gasteiger partial charge in [0.2, 0.25) is 0 Å². The predicted molar refractivity (Wildman–Crippen MR) is 408 cm³/mol. The van der Waals surface area contributed by atoms with Gasteiger partial charge < -0.3 is 49.4 Å². The minimum atomic E-state index is -0.500. The van der Waals surface area contributed by atoms with Crippen LogP contribution in [0.5, 0.6) is 0 Å². The van der Waals surface area contributed by atoms with Crippen molar-refractivity contribution in [3.63, 3.8) is 0 Å². The van der Waals surface area contributed by atoms with Gasteiger partial charge in [0.1, 0.15) is 12.8 Å². The number of aliphatic hydroxyl groups is 4. The van der Waals surface area contributed by atoms with Gasteiger partial charge in [0.15, 0.2) is 6.29 Å². The molecule has 3 unspecified atom stereocenters. The van der Waals surface area contributed by atoms with Gasteiger partial charge in [-0.2, -0.15) is 11.0 Å². The Bertz CT molecular complexity index is 3580. The summed E-state index contributed by atoms with van der Waals surface area (Å²) in [6.45, 7) is 11.4. The van der Waals surface area contributed by atoms with Gasteiger partial charge in [0.05, 0.1) is 58.1 Å². The summed E-state index contributed by atoms with van der Waals surface area (Å²) >= 11 is 0. The Kier molecular flexibility index (Phi) is 40.8. The number of aliphatic hydroxyl groups excluding tert-OH is 3. The maximum Gasteiger partial charge on any atom is 0.330 e. The first-order valence-corrected chi connectivity index (χ1v) is 36.4. The summed E-state index contributed by atoms with van der Waals surface area (Å²) in [5, 5.41) is 53.2. The van der Waals surface area contributed by atoms with Crippen molar-refractivity contribution in [1.29, 1.82) is 0 Å². The van der Waals surface area contributed by atoms with Crippen molar-refractivity contribution >= 4 is 54.5 Å². The van der Waals surface area contributed by atoms with E-state index in [4.69, 9.17) is 25.9 Å². The fourth-order valence-electron chi connectivity index (χ4n) is 12.5. The number of benzene rings is 5. The number of ether oxygens (including phenoxy) is 5. The molecular formula is C83H113N8O14+. The van der Waals surface area contributed by atoms with Crippen molar-refractivity contribution < 1.29 is 73.2 Å². The van der Waals surface area contributed by atoms with E-state index in [9.17, 15) is 29.1 Å². The van der Waals surface area contributed by atoms with Crippen molar-refractivity contribution in [1.82, 2.24) is 25.2 Å². The molecule has 11 rings (SSSR count). The van der Waals surface area contributed by atoms with Crippen LogP contribution in [-0.2, 0) is 75.2 Å². The van der Waals surface area contributed by atoms with Crippen LogP contribution in [0.15, 0.2) is 163 Å². The van der Waals surface area contributed by atoms with Crippen LogP contribution in [0.3, 0.4) is 0 Å². The summed E-state index contributed by atoms with van der Waals surface area (Å²) in [5.41, 5.74) is 10.1. The van der Waals surface area contributed by atoms with Crippen LogP contribution in [0.1, 0.15) is 158 Å². The molecule has 3 saturated heterocycles. The first kappa shape index (κ1) is 86.5. The maximum atomic E-state index is 11.2. The summed E-state index contributed by atoms with van der Waals surface area (Å²) < 4.78 is 24.9. The molecule has 22 heteroatoms. The average molecular weight is 1450 g/mol. The second-order valence-corrected chi connectivity index (χ2v) is 27.4. The van der Waals surface area contributed by atoms with Crippen LogP contribution in [0.4, 0.5) is 0 Å². The van der Waals surface area contributed by atoms with E-state index in [1.54, 1.807) is 69.3 Å². The molecule has 105 heavy (non-hydrogen) atoms. The van der Waals surface area contributed by atoms with Gasteiger partial charge >= 0.3 is 23.9 Å². The van der Waals surface area contributed by atoms with Gasteiger partial charge in [0, 0.05) is 86.7 Å². The molecule has 22 nitrogen and oxygen atoms in total. The lowest BCUT2D eigenvalue weighted by Crippen LogP contribution is -2.69. The van der Waals surface area contributed by atoms with Crippen LogP contribution in [-0.4, -0.2) is 162 Å². The number of aromatic nitrogens is 3. The summed E-state index contributed by atoms with van der Waals surface area (Å²) in [6.07, 6.45) is 31.8. The molecule has 6 aromatic rings. The van der Waals surface area contributed by atoms with Crippen LogP contribution >= 0.6 is 0 Å². The molecule has 0 bridgehead atoms. The Morgan fingerprint density at radius 1 is 0.590 bits per heavy atom. The first-order valence-electron chi connectivity index (χ1n) is 36.4. The average Bonchev–Trinajstić information content (AvgIpc) is 1.74. The molecule has 4 heterocycles. The quantitative estimate of drug-likeness (QED) is 0.00596. The predicted octanol–water partition coefficient (Wildman–Crippen LogP) is 10.1. The van der Waals surface area contributed by atoms with Crippen molar-refractivity contribution in [2.75, 3.05) is 67.9 Å². The van der Waals surface area contributed by atoms with E-state index in [2.05, 4.69) is 117 Å². The van der Waals surface area contributed by atoms with Crippen molar-refractivity contribution in [3.05, 3.63) is 214 Å². The number of hydrogen-bond donors (Lipinski definition) is 7. The fourth-order valence-corrected chi connectivity index (χ4v) is 12.5. The number of nitrogens with two attached hydrogens (primary N) is 1. The normalized spacial score (nSPS) is 19.7. The number of hydrogen-bond acceptors (Lipinski definition) is 19. The largest absolute Gasteiger partial charge is 0.466 e. The van der Waals surface area contributed by atoms with Gasteiger partial charge in [-0.15, -0.1) is 5.10 Å². The van der Waals surface area contributed by atoms with E-state index in [0.29, 0.717) is 54.5 Å². The first-order chi connectivity index (χ1) is 50.7. The number of rotatable bonds is 23. The second-order valence-electron chi connectivity index (χ2n) is 27.4. The van der Waals surface area contributed by atoms with Gasteiger partial charge in [-0.25, -0.2) is 19.2 Å². The summed E-state index contributed by atoms with van der Waals surface area (Å²) in [4.78, 5) is 56.9. The SMILES string of the molecule is CC(C)(C)O.COC(=O)/C=C/c1ccc(C=O)cc1.COC(=O)/C=C/c1ccc(CC2CCC[C@@H]2CO)cc1.COC(=O)/C=C/c1ccc(CC2CCC[C@@H]2C[NH+]=NN)cc1.COC(=O)/C=C/c1ccc(CN2CCC[C@@H]2Cn2cc(Cc3ccccc3)nn2)cc1.OC1CCCO1.OC[C@H]1CCCN1. The molecule has 2 saturated carbocycles. The van der Waals surface area contributed by atoms with E-state index >= 15 is 0 Å². The fraction of sp³-hybridized carbons (Fsp3) is 0.458. The van der Waals surface area contributed by atoms with E-state index < -0.39 is 17.9 Å². The number of nitrogens with zero attached hydrogens (tertiary/aromatic N) is 5. The molecule has 3 aliphatic heterocycles. The van der Waals surface area contributed by atoms with Crippen molar-refractivity contribution in [3.8, 4) is 0 Å². The minimum Gasteiger partial charge on any atom is -0.466 e. The van der Waals surface area contributed by atoms with Crippen molar-refractivity contribution in [2.45, 2.75) is 154 Å². The molecule has 0 amide bonds. The number of esters is 4. The lowest BCUT2D eigenvalue weighted by Gasteiger charge is -2.24. The summed E-state index contributed by atoms with van der Waals surface area (Å²) in [5.74, 6) is 6.14. The smallest absolute Gasteiger partial charge is 0.330 e. The van der Waals surface area contributed by atoms with Crippen LogP contribution in [0.2, 0.25) is 0 Å². The Hall–Kier alpha value is -9.13.